The van der Waals surface area contributed by atoms with Crippen molar-refractivity contribution in [1.82, 2.24) is 34.4 Å². The minimum Gasteiger partial charge on any atom is -0.349 e. The van der Waals surface area contributed by atoms with Crippen molar-refractivity contribution < 1.29 is 26.4 Å². The lowest BCUT2D eigenvalue weighted by Gasteiger charge is -2.11. The van der Waals surface area contributed by atoms with Crippen LogP contribution in [0.3, 0.4) is 0 Å². The number of alkyl halides is 3. The molecule has 0 saturated carbocycles. The average Bonchev–Trinajstić information content (AvgIpc) is 3.30. The Bertz CT molecular complexity index is 1590. The van der Waals surface area contributed by atoms with E-state index in [1.54, 1.807) is 20.8 Å². The number of carbonyl (C=O) groups is 1. The Labute approximate surface area is 198 Å². The number of halogens is 3. The molecular weight excluding hydrogens is 487 g/mol. The molecule has 0 atom stereocenters. The Morgan fingerprint density at radius 2 is 1.89 bits per heavy atom. The first-order valence-corrected chi connectivity index (χ1v) is 12.2. The Morgan fingerprint density at radius 1 is 1.20 bits per heavy atom. The van der Waals surface area contributed by atoms with Gasteiger partial charge in [-0.2, -0.15) is 18.3 Å². The number of hydrogen-bond donors (Lipinski definition) is 1. The maximum atomic E-state index is 13.2. The molecule has 0 unspecified atom stereocenters. The zero-order valence-electron chi connectivity index (χ0n) is 19.5. The third-order valence-corrected chi connectivity index (χ3v) is 7.02. The SMILES string of the molecule is CCS(=O)(=O)c1nn2c(C(=O)NC(C)C)c(C)cnc2c1-c1nc2cc(C(F)(F)F)ncc2n1C. The van der Waals surface area contributed by atoms with Gasteiger partial charge in [0.2, 0.25) is 0 Å². The van der Waals surface area contributed by atoms with Crippen LogP contribution in [0.15, 0.2) is 23.5 Å². The van der Waals surface area contributed by atoms with Gasteiger partial charge < -0.3 is 9.88 Å². The van der Waals surface area contributed by atoms with Crippen molar-refractivity contribution in [3.63, 3.8) is 0 Å². The van der Waals surface area contributed by atoms with Crippen molar-refractivity contribution in [3.05, 3.63) is 35.4 Å². The van der Waals surface area contributed by atoms with E-state index >= 15 is 0 Å². The second kappa shape index (κ2) is 8.29. The van der Waals surface area contributed by atoms with Gasteiger partial charge in [-0.05, 0) is 32.4 Å². The van der Waals surface area contributed by atoms with Gasteiger partial charge in [0.25, 0.3) is 5.91 Å². The molecule has 4 aromatic heterocycles. The Morgan fingerprint density at radius 3 is 2.49 bits per heavy atom. The van der Waals surface area contributed by atoms with Crippen molar-refractivity contribution in [2.75, 3.05) is 5.75 Å². The van der Waals surface area contributed by atoms with Gasteiger partial charge in [0.15, 0.2) is 20.5 Å². The van der Waals surface area contributed by atoms with Gasteiger partial charge in [-0.3, -0.25) is 4.79 Å². The summed E-state index contributed by atoms with van der Waals surface area (Å²) in [7, 11) is -2.44. The number of pyridine rings is 1. The molecule has 35 heavy (non-hydrogen) atoms. The molecule has 0 saturated heterocycles. The van der Waals surface area contributed by atoms with Crippen LogP contribution in [0.2, 0.25) is 0 Å². The number of rotatable bonds is 5. The molecule has 14 heteroatoms. The second-order valence-corrected chi connectivity index (χ2v) is 10.5. The number of aromatic nitrogens is 6. The third-order valence-electron chi connectivity index (χ3n) is 5.39. The minimum absolute atomic E-state index is 0.0160. The molecule has 186 valence electrons. The van der Waals surface area contributed by atoms with Gasteiger partial charge in [0.05, 0.1) is 23.0 Å². The van der Waals surface area contributed by atoms with Crippen molar-refractivity contribution in [3.8, 4) is 11.4 Å². The molecule has 0 aliphatic rings. The molecule has 4 aromatic rings. The van der Waals surface area contributed by atoms with Crippen molar-refractivity contribution in [1.29, 1.82) is 0 Å². The fourth-order valence-corrected chi connectivity index (χ4v) is 4.65. The summed E-state index contributed by atoms with van der Waals surface area (Å²) in [5.41, 5.74) is -0.364. The number of hydrogen-bond acceptors (Lipinski definition) is 7. The number of imidazole rings is 1. The normalized spacial score (nSPS) is 12.7. The zero-order valence-corrected chi connectivity index (χ0v) is 20.3. The van der Waals surface area contributed by atoms with Gasteiger partial charge in [-0.15, -0.1) is 0 Å². The number of aryl methyl sites for hydroxylation is 2. The summed E-state index contributed by atoms with van der Waals surface area (Å²) in [6.45, 7) is 6.62. The summed E-state index contributed by atoms with van der Waals surface area (Å²) in [5, 5.41) is 6.62. The molecule has 0 radical (unpaired) electrons. The van der Waals surface area contributed by atoms with E-state index in [4.69, 9.17) is 0 Å². The van der Waals surface area contributed by atoms with Crippen molar-refractivity contribution in [2.45, 2.75) is 44.9 Å². The van der Waals surface area contributed by atoms with Gasteiger partial charge in [-0.1, -0.05) is 6.92 Å². The predicted molar refractivity (Wildman–Crippen MR) is 121 cm³/mol. The predicted octanol–water partition coefficient (Wildman–Crippen LogP) is 2.94. The summed E-state index contributed by atoms with van der Waals surface area (Å²) in [6, 6.07) is 0.589. The van der Waals surface area contributed by atoms with Crippen LogP contribution < -0.4 is 5.32 Å². The largest absolute Gasteiger partial charge is 0.433 e. The lowest BCUT2D eigenvalue weighted by atomic mass is 10.2. The number of fused-ring (bicyclic) bond motifs is 2. The Balaban J connectivity index is 2.09. The van der Waals surface area contributed by atoms with Crippen molar-refractivity contribution in [2.24, 2.45) is 7.05 Å². The third kappa shape index (κ3) is 4.11. The first kappa shape index (κ1) is 24.6. The van der Waals surface area contributed by atoms with Crippen LogP contribution in [0.25, 0.3) is 28.1 Å². The zero-order chi connectivity index (χ0) is 25.9. The number of sulfone groups is 1. The highest BCUT2D eigenvalue weighted by atomic mass is 32.2. The van der Waals surface area contributed by atoms with Crippen LogP contribution in [0, 0.1) is 6.92 Å². The summed E-state index contributed by atoms with van der Waals surface area (Å²) in [5.74, 6) is -0.766. The van der Waals surface area contributed by atoms with Crippen LogP contribution in [0.4, 0.5) is 13.2 Å². The lowest BCUT2D eigenvalue weighted by Crippen LogP contribution is -2.32. The van der Waals surface area contributed by atoms with Crippen LogP contribution >= 0.6 is 0 Å². The fourth-order valence-electron chi connectivity index (χ4n) is 3.67. The van der Waals surface area contributed by atoms with E-state index in [2.05, 4.69) is 25.4 Å². The van der Waals surface area contributed by atoms with E-state index in [0.29, 0.717) is 5.56 Å². The van der Waals surface area contributed by atoms with Crippen molar-refractivity contribution >= 4 is 32.4 Å². The maximum Gasteiger partial charge on any atom is 0.433 e. The highest BCUT2D eigenvalue weighted by Gasteiger charge is 2.34. The van der Waals surface area contributed by atoms with Crippen LogP contribution in [0.5, 0.6) is 0 Å². The number of nitrogens with zero attached hydrogens (tertiary/aromatic N) is 6. The van der Waals surface area contributed by atoms with Gasteiger partial charge >= 0.3 is 6.18 Å². The molecule has 0 aliphatic heterocycles. The monoisotopic (exact) mass is 509 g/mol. The molecular formula is C21H22F3N7O3S. The van der Waals surface area contributed by atoms with E-state index in [9.17, 15) is 26.4 Å². The Hall–Kier alpha value is -3.55. The standard InChI is InChI=1S/C21H22F3N7O3S/c1-6-35(33,34)20-15(17-26-8-11(4)16(31(17)29-20)19(32)27-10(2)3)18-28-12-7-14(21(22,23)24)25-9-13(12)30(18)5/h7-10H,6H2,1-5H3,(H,27,32). The molecule has 1 amide bonds. The van der Waals surface area contributed by atoms with E-state index in [1.165, 1.54) is 24.7 Å². The molecule has 1 N–H and O–H groups in total. The molecule has 0 aliphatic carbocycles. The summed E-state index contributed by atoms with van der Waals surface area (Å²) in [6.07, 6.45) is -2.25. The van der Waals surface area contributed by atoms with E-state index in [-0.39, 0.29) is 50.6 Å². The number of carbonyl (C=O) groups excluding carboxylic acids is 1. The lowest BCUT2D eigenvalue weighted by molar-refractivity contribution is -0.141. The molecule has 0 bridgehead atoms. The average molecular weight is 510 g/mol. The quantitative estimate of drug-likeness (QED) is 0.439. The second-order valence-electron chi connectivity index (χ2n) is 8.29. The Kier molecular flexibility index (Phi) is 5.82. The van der Waals surface area contributed by atoms with Gasteiger partial charge in [-0.25, -0.2) is 27.9 Å². The van der Waals surface area contributed by atoms with Crippen LogP contribution in [0.1, 0.15) is 42.5 Å². The molecule has 4 rings (SSSR count). The van der Waals surface area contributed by atoms with Crippen LogP contribution in [-0.4, -0.2) is 55.3 Å². The van der Waals surface area contributed by atoms with Gasteiger partial charge in [0, 0.05) is 19.3 Å². The molecule has 0 spiro atoms. The number of amides is 1. The highest BCUT2D eigenvalue weighted by molar-refractivity contribution is 7.91. The molecule has 10 nitrogen and oxygen atoms in total. The van der Waals surface area contributed by atoms with E-state index in [1.807, 2.05) is 0 Å². The maximum absolute atomic E-state index is 13.2. The van der Waals surface area contributed by atoms with Gasteiger partial charge in [0.1, 0.15) is 22.8 Å². The summed E-state index contributed by atoms with van der Waals surface area (Å²) in [4.78, 5) is 25.0. The van der Waals surface area contributed by atoms with E-state index in [0.717, 1.165) is 16.8 Å². The molecule has 0 fully saturated rings. The highest BCUT2D eigenvalue weighted by Crippen LogP contribution is 2.35. The first-order valence-electron chi connectivity index (χ1n) is 10.6. The smallest absolute Gasteiger partial charge is 0.349 e. The summed E-state index contributed by atoms with van der Waals surface area (Å²) >= 11 is 0. The number of nitrogens with one attached hydrogen (secondary N) is 1. The minimum atomic E-state index is -4.68. The summed E-state index contributed by atoms with van der Waals surface area (Å²) < 4.78 is 68.1. The fraction of sp³-hybridized carbons (Fsp3) is 0.381. The topological polar surface area (TPSA) is 124 Å². The molecule has 0 aromatic carbocycles. The van der Waals surface area contributed by atoms with Crippen LogP contribution in [-0.2, 0) is 23.1 Å². The van der Waals surface area contributed by atoms with E-state index < -0.39 is 27.6 Å². The first-order chi connectivity index (χ1) is 16.3. The molecule has 4 heterocycles.